The van der Waals surface area contributed by atoms with Gasteiger partial charge in [-0.3, -0.25) is 0 Å². The van der Waals surface area contributed by atoms with Crippen LogP contribution in [0.1, 0.15) is 25.0 Å². The molecule has 0 nitrogen and oxygen atoms in total. The average molecular weight is 647 g/mol. The molecule has 11 rings (SSSR count). The molecular weight excluding hydrogens is 613 g/mol. The van der Waals surface area contributed by atoms with Crippen molar-refractivity contribution in [2.45, 2.75) is 19.3 Å². The Labute approximate surface area is 298 Å². The van der Waals surface area contributed by atoms with Crippen molar-refractivity contribution in [3.05, 3.63) is 181 Å². The van der Waals surface area contributed by atoms with Crippen LogP contribution in [-0.2, 0) is 5.41 Å². The van der Waals surface area contributed by atoms with Crippen LogP contribution < -0.4 is 0 Å². The monoisotopic (exact) mass is 646 g/mol. The highest BCUT2D eigenvalue weighted by atomic mass is 14.4. The Hall–Kier alpha value is -6.24. The predicted molar refractivity (Wildman–Crippen MR) is 217 cm³/mol. The molecule has 9 aromatic carbocycles. The maximum absolute atomic E-state index is 2.45. The van der Waals surface area contributed by atoms with E-state index in [4.69, 9.17) is 0 Å². The number of hydrogen-bond donors (Lipinski definition) is 0. The highest BCUT2D eigenvalue weighted by Gasteiger charge is 2.35. The van der Waals surface area contributed by atoms with Crippen molar-refractivity contribution in [2.24, 2.45) is 0 Å². The van der Waals surface area contributed by atoms with Gasteiger partial charge >= 0.3 is 0 Å². The van der Waals surface area contributed by atoms with E-state index in [9.17, 15) is 0 Å². The summed E-state index contributed by atoms with van der Waals surface area (Å²) >= 11 is 0. The van der Waals surface area contributed by atoms with Gasteiger partial charge in [0, 0.05) is 5.41 Å². The summed E-state index contributed by atoms with van der Waals surface area (Å²) in [7, 11) is 0. The summed E-state index contributed by atoms with van der Waals surface area (Å²) in [5, 5.41) is 7.77. The molecule has 0 fully saturated rings. The van der Waals surface area contributed by atoms with E-state index >= 15 is 0 Å². The summed E-state index contributed by atoms with van der Waals surface area (Å²) in [5.41, 5.74) is 18.3. The summed E-state index contributed by atoms with van der Waals surface area (Å²) in [6.07, 6.45) is 0. The summed E-state index contributed by atoms with van der Waals surface area (Å²) < 4.78 is 0. The van der Waals surface area contributed by atoms with Gasteiger partial charge in [-0.1, -0.05) is 141 Å². The summed E-state index contributed by atoms with van der Waals surface area (Å²) in [6, 6.07) is 63.8. The first-order valence-electron chi connectivity index (χ1n) is 18.0. The van der Waals surface area contributed by atoms with Gasteiger partial charge in [0.1, 0.15) is 0 Å². The van der Waals surface area contributed by atoms with Crippen LogP contribution >= 0.6 is 0 Å². The number of rotatable bonds is 3. The maximum Gasteiger partial charge on any atom is 0.0159 e. The van der Waals surface area contributed by atoms with Crippen molar-refractivity contribution < 1.29 is 0 Å². The first-order valence-corrected chi connectivity index (χ1v) is 18.0. The van der Waals surface area contributed by atoms with Gasteiger partial charge in [-0.25, -0.2) is 0 Å². The molecule has 2 aliphatic rings. The molecule has 0 saturated heterocycles. The van der Waals surface area contributed by atoms with E-state index in [1.54, 1.807) is 0 Å². The fourth-order valence-corrected chi connectivity index (χ4v) is 9.27. The Kier molecular flexibility index (Phi) is 5.82. The van der Waals surface area contributed by atoms with Crippen LogP contribution in [0.25, 0.3) is 99.1 Å². The Morgan fingerprint density at radius 3 is 1.84 bits per heavy atom. The smallest absolute Gasteiger partial charge is 0.0159 e. The third-order valence-corrected chi connectivity index (χ3v) is 11.7. The molecule has 2 aliphatic carbocycles. The van der Waals surface area contributed by atoms with Crippen LogP contribution in [0.2, 0.25) is 0 Å². The third-order valence-electron chi connectivity index (χ3n) is 11.7. The third kappa shape index (κ3) is 4.08. The lowest BCUT2D eigenvalue weighted by Gasteiger charge is -2.21. The first-order chi connectivity index (χ1) is 25.0. The van der Waals surface area contributed by atoms with E-state index in [-0.39, 0.29) is 5.41 Å². The first kappa shape index (κ1) is 28.6. The van der Waals surface area contributed by atoms with Crippen molar-refractivity contribution >= 4 is 32.3 Å². The molecule has 0 spiro atoms. The van der Waals surface area contributed by atoms with Crippen molar-refractivity contribution in [1.82, 2.24) is 0 Å². The zero-order valence-corrected chi connectivity index (χ0v) is 28.7. The number of hydrogen-bond acceptors (Lipinski definition) is 0. The highest BCUT2D eigenvalue weighted by Crippen LogP contribution is 2.54. The average Bonchev–Trinajstić information content (AvgIpc) is 3.61. The molecule has 0 radical (unpaired) electrons. The van der Waals surface area contributed by atoms with Gasteiger partial charge in [0.15, 0.2) is 0 Å². The molecule has 9 aromatic rings. The van der Waals surface area contributed by atoms with Gasteiger partial charge in [-0.2, -0.15) is 0 Å². The van der Waals surface area contributed by atoms with Crippen molar-refractivity contribution in [3.63, 3.8) is 0 Å². The quantitative estimate of drug-likeness (QED) is 0.179. The van der Waals surface area contributed by atoms with Crippen LogP contribution in [-0.4, -0.2) is 0 Å². The van der Waals surface area contributed by atoms with Gasteiger partial charge in [0.05, 0.1) is 0 Å². The molecule has 0 amide bonds. The summed E-state index contributed by atoms with van der Waals surface area (Å²) in [5.74, 6) is 0. The molecule has 0 aromatic heterocycles. The van der Waals surface area contributed by atoms with Crippen molar-refractivity contribution in [1.29, 1.82) is 0 Å². The molecule has 0 aliphatic heterocycles. The number of fused-ring (bicyclic) bond motifs is 8. The van der Waals surface area contributed by atoms with Gasteiger partial charge in [-0.05, 0) is 153 Å². The molecule has 0 N–H and O–H groups in total. The molecule has 0 saturated carbocycles. The molecule has 0 bridgehead atoms. The van der Waals surface area contributed by atoms with Gasteiger partial charge in [0.2, 0.25) is 0 Å². The largest absolute Gasteiger partial charge is 0.0622 e. The fraction of sp³-hybridized carbons (Fsp3) is 0.0588. The lowest BCUT2D eigenvalue weighted by Crippen LogP contribution is -2.14. The van der Waals surface area contributed by atoms with E-state index in [2.05, 4.69) is 184 Å². The van der Waals surface area contributed by atoms with Gasteiger partial charge in [0.25, 0.3) is 0 Å². The Bertz CT molecular complexity index is 2920. The molecule has 0 atom stereocenters. The van der Waals surface area contributed by atoms with E-state index in [1.807, 2.05) is 0 Å². The lowest BCUT2D eigenvalue weighted by atomic mass is 9.81. The molecule has 0 heteroatoms. The topological polar surface area (TPSA) is 0 Å². The van der Waals surface area contributed by atoms with E-state index in [0.29, 0.717) is 0 Å². The zero-order chi connectivity index (χ0) is 33.8. The second kappa shape index (κ2) is 10.4. The summed E-state index contributed by atoms with van der Waals surface area (Å²) in [4.78, 5) is 0. The molecule has 51 heavy (non-hydrogen) atoms. The molecular formula is C51H34. The molecule has 238 valence electrons. The van der Waals surface area contributed by atoms with E-state index in [1.165, 1.54) is 110 Å². The minimum absolute atomic E-state index is 0.0360. The standard InChI is InChI=1S/C51H34/c1-51(2)46-21-9-8-18-41(46)44-28-34-23-22-33(24-38(34)30-47(44)51)37-25-36(31-12-4-3-5-13-31)26-39(27-37)49-40-17-7-6-14-35(40)29-45-42-19-10-15-32-16-11-20-43(48(32)42)50(45)49/h3-30H,1-2H3. The Morgan fingerprint density at radius 2 is 0.980 bits per heavy atom. The van der Waals surface area contributed by atoms with Gasteiger partial charge < -0.3 is 0 Å². The van der Waals surface area contributed by atoms with Gasteiger partial charge in [-0.15, -0.1) is 0 Å². The predicted octanol–water partition coefficient (Wildman–Crippen LogP) is 14.1. The van der Waals surface area contributed by atoms with Crippen LogP contribution in [0, 0.1) is 0 Å². The fourth-order valence-electron chi connectivity index (χ4n) is 9.27. The van der Waals surface area contributed by atoms with Crippen LogP contribution in [0.3, 0.4) is 0 Å². The summed E-state index contributed by atoms with van der Waals surface area (Å²) in [6.45, 7) is 4.73. The van der Waals surface area contributed by atoms with Crippen LogP contribution in [0.5, 0.6) is 0 Å². The van der Waals surface area contributed by atoms with Crippen LogP contribution in [0.4, 0.5) is 0 Å². The SMILES string of the molecule is CC1(C)c2ccccc2-c2cc3ccc(-c4cc(-c5ccccc5)cc(-c5c6c(cc7ccccc57)-c5cccc7cccc-6c57)c4)cc3cc21. The maximum atomic E-state index is 2.45. The van der Waals surface area contributed by atoms with E-state index < -0.39 is 0 Å². The van der Waals surface area contributed by atoms with Crippen molar-refractivity contribution in [3.8, 4) is 66.8 Å². The Morgan fingerprint density at radius 1 is 0.314 bits per heavy atom. The second-order valence-electron chi connectivity index (χ2n) is 14.9. The molecule has 0 unspecified atom stereocenters. The van der Waals surface area contributed by atoms with E-state index in [0.717, 1.165) is 0 Å². The number of benzene rings is 9. The normalized spacial score (nSPS) is 13.5. The minimum Gasteiger partial charge on any atom is -0.0622 e. The second-order valence-corrected chi connectivity index (χ2v) is 14.9. The van der Waals surface area contributed by atoms with Crippen molar-refractivity contribution in [2.75, 3.05) is 0 Å². The highest BCUT2D eigenvalue weighted by molar-refractivity contribution is 6.22. The lowest BCUT2D eigenvalue weighted by molar-refractivity contribution is 0.661. The Balaban J connectivity index is 1.17. The van der Waals surface area contributed by atoms with Crippen LogP contribution in [0.15, 0.2) is 170 Å². The minimum atomic E-state index is -0.0360. The molecule has 0 heterocycles. The zero-order valence-electron chi connectivity index (χ0n) is 28.7.